The van der Waals surface area contributed by atoms with E-state index in [0.717, 1.165) is 44.0 Å². The van der Waals surface area contributed by atoms with E-state index in [1.165, 1.54) is 5.56 Å². The zero-order valence-corrected chi connectivity index (χ0v) is 16.4. The SMILES string of the molecule is Clc1cc(C[C@@H]2CNCCO2)ccc1OCc1nccn1Cc1ccccc1. The predicted octanol–water partition coefficient (Wildman–Crippen LogP) is 3.69. The van der Waals surface area contributed by atoms with Crippen molar-refractivity contribution in [2.45, 2.75) is 25.7 Å². The van der Waals surface area contributed by atoms with Crippen molar-refractivity contribution in [3.8, 4) is 5.75 Å². The van der Waals surface area contributed by atoms with E-state index in [1.807, 2.05) is 36.5 Å². The molecule has 0 amide bonds. The second-order valence-electron chi connectivity index (χ2n) is 6.91. The summed E-state index contributed by atoms with van der Waals surface area (Å²) in [4.78, 5) is 4.42. The summed E-state index contributed by atoms with van der Waals surface area (Å²) in [5, 5.41) is 3.96. The van der Waals surface area contributed by atoms with Crippen LogP contribution in [0.3, 0.4) is 0 Å². The van der Waals surface area contributed by atoms with E-state index in [2.05, 4.69) is 33.1 Å². The first-order valence-electron chi connectivity index (χ1n) is 9.55. The number of halogens is 1. The largest absolute Gasteiger partial charge is 0.484 e. The number of benzene rings is 2. The molecule has 28 heavy (non-hydrogen) atoms. The van der Waals surface area contributed by atoms with Crippen LogP contribution in [0.4, 0.5) is 0 Å². The van der Waals surface area contributed by atoms with E-state index >= 15 is 0 Å². The average molecular weight is 398 g/mol. The van der Waals surface area contributed by atoms with Crippen LogP contribution in [0, 0.1) is 0 Å². The van der Waals surface area contributed by atoms with Gasteiger partial charge >= 0.3 is 0 Å². The van der Waals surface area contributed by atoms with Crippen LogP contribution in [0.2, 0.25) is 5.02 Å². The van der Waals surface area contributed by atoms with Crippen molar-refractivity contribution in [3.05, 3.63) is 82.9 Å². The number of imidazole rings is 1. The van der Waals surface area contributed by atoms with Crippen molar-refractivity contribution in [3.63, 3.8) is 0 Å². The molecule has 0 aliphatic carbocycles. The standard InChI is InChI=1S/C22H24ClN3O2/c23-20-13-18(12-19-14-24-9-11-27-19)6-7-21(20)28-16-22-25-8-10-26(22)15-17-4-2-1-3-5-17/h1-8,10,13,19,24H,9,11-12,14-16H2/t19-/m1/s1. The first kappa shape index (κ1) is 19.0. The van der Waals surface area contributed by atoms with E-state index in [-0.39, 0.29) is 6.10 Å². The molecule has 1 atom stereocenters. The summed E-state index contributed by atoms with van der Waals surface area (Å²) >= 11 is 6.45. The molecule has 1 saturated heterocycles. The van der Waals surface area contributed by atoms with E-state index in [9.17, 15) is 0 Å². The van der Waals surface area contributed by atoms with Gasteiger partial charge in [-0.3, -0.25) is 0 Å². The third kappa shape index (κ3) is 4.93. The van der Waals surface area contributed by atoms with E-state index in [4.69, 9.17) is 21.1 Å². The minimum absolute atomic E-state index is 0.196. The first-order chi connectivity index (χ1) is 13.8. The molecule has 1 aromatic heterocycles. The molecule has 1 aliphatic heterocycles. The van der Waals surface area contributed by atoms with Crippen LogP contribution in [0.5, 0.6) is 5.75 Å². The zero-order valence-electron chi connectivity index (χ0n) is 15.7. The highest BCUT2D eigenvalue weighted by atomic mass is 35.5. The number of morpholine rings is 1. The molecule has 1 aliphatic rings. The molecule has 0 spiro atoms. The molecule has 5 nitrogen and oxygen atoms in total. The summed E-state index contributed by atoms with van der Waals surface area (Å²) in [7, 11) is 0. The predicted molar refractivity (Wildman–Crippen MR) is 110 cm³/mol. The number of hydrogen-bond acceptors (Lipinski definition) is 4. The molecule has 0 radical (unpaired) electrons. The fourth-order valence-electron chi connectivity index (χ4n) is 3.35. The van der Waals surface area contributed by atoms with Crippen LogP contribution in [-0.2, 0) is 24.3 Å². The lowest BCUT2D eigenvalue weighted by Gasteiger charge is -2.23. The number of nitrogens with one attached hydrogen (secondary N) is 1. The second-order valence-corrected chi connectivity index (χ2v) is 7.32. The van der Waals surface area contributed by atoms with Crippen LogP contribution < -0.4 is 10.1 Å². The highest BCUT2D eigenvalue weighted by molar-refractivity contribution is 6.32. The van der Waals surface area contributed by atoms with Gasteiger partial charge in [-0.1, -0.05) is 48.0 Å². The molecule has 146 valence electrons. The van der Waals surface area contributed by atoms with Crippen LogP contribution in [0.25, 0.3) is 0 Å². The van der Waals surface area contributed by atoms with Gasteiger partial charge in [0.2, 0.25) is 0 Å². The quantitative estimate of drug-likeness (QED) is 0.660. The Bertz CT molecular complexity index is 892. The van der Waals surface area contributed by atoms with Gasteiger partial charge in [0.15, 0.2) is 0 Å². The van der Waals surface area contributed by atoms with Crippen molar-refractivity contribution >= 4 is 11.6 Å². The van der Waals surface area contributed by atoms with Gasteiger partial charge in [-0.15, -0.1) is 0 Å². The van der Waals surface area contributed by atoms with Gasteiger partial charge in [0.1, 0.15) is 18.2 Å². The maximum absolute atomic E-state index is 6.45. The Morgan fingerprint density at radius 1 is 1.18 bits per heavy atom. The summed E-state index contributed by atoms with van der Waals surface area (Å²) < 4.78 is 13.8. The van der Waals surface area contributed by atoms with Crippen LogP contribution in [0.1, 0.15) is 17.0 Å². The Morgan fingerprint density at radius 2 is 2.07 bits per heavy atom. The number of aromatic nitrogens is 2. The normalized spacial score (nSPS) is 16.8. The number of ether oxygens (including phenoxy) is 2. The van der Waals surface area contributed by atoms with Crippen LogP contribution >= 0.6 is 11.6 Å². The fourth-order valence-corrected chi connectivity index (χ4v) is 3.61. The molecule has 3 aromatic rings. The Morgan fingerprint density at radius 3 is 2.86 bits per heavy atom. The number of nitrogens with zero attached hydrogens (tertiary/aromatic N) is 2. The summed E-state index contributed by atoms with van der Waals surface area (Å²) in [5.74, 6) is 1.54. The number of rotatable bonds is 7. The molecule has 1 N–H and O–H groups in total. The van der Waals surface area contributed by atoms with Crippen molar-refractivity contribution in [1.29, 1.82) is 0 Å². The van der Waals surface area contributed by atoms with Crippen LogP contribution in [0.15, 0.2) is 60.9 Å². The average Bonchev–Trinajstić information content (AvgIpc) is 3.16. The Labute approximate surface area is 170 Å². The van der Waals surface area contributed by atoms with E-state index in [1.54, 1.807) is 6.20 Å². The molecule has 0 unspecified atom stereocenters. The maximum Gasteiger partial charge on any atom is 0.147 e. The minimum Gasteiger partial charge on any atom is -0.484 e. The smallest absolute Gasteiger partial charge is 0.147 e. The lowest BCUT2D eigenvalue weighted by Crippen LogP contribution is -2.39. The Kier molecular flexibility index (Phi) is 6.27. The van der Waals surface area contributed by atoms with E-state index < -0.39 is 0 Å². The molecule has 0 saturated carbocycles. The number of hydrogen-bond donors (Lipinski definition) is 1. The van der Waals surface area contributed by atoms with Gasteiger partial charge in [-0.25, -0.2) is 4.98 Å². The Hall–Kier alpha value is -2.34. The minimum atomic E-state index is 0.196. The summed E-state index contributed by atoms with van der Waals surface area (Å²) in [6.45, 7) is 3.69. The molecule has 2 heterocycles. The summed E-state index contributed by atoms with van der Waals surface area (Å²) in [5.41, 5.74) is 2.38. The molecule has 6 heteroatoms. The lowest BCUT2D eigenvalue weighted by atomic mass is 10.1. The van der Waals surface area contributed by atoms with Gasteiger partial charge in [-0.05, 0) is 29.7 Å². The van der Waals surface area contributed by atoms with E-state index in [0.29, 0.717) is 17.4 Å². The zero-order chi connectivity index (χ0) is 19.2. The highest BCUT2D eigenvalue weighted by Gasteiger charge is 2.15. The van der Waals surface area contributed by atoms with Gasteiger partial charge in [0, 0.05) is 32.0 Å². The lowest BCUT2D eigenvalue weighted by molar-refractivity contribution is 0.0292. The molecular weight excluding hydrogens is 374 g/mol. The van der Waals surface area contributed by atoms with Gasteiger partial charge < -0.3 is 19.4 Å². The molecule has 1 fully saturated rings. The van der Waals surface area contributed by atoms with Crippen LogP contribution in [-0.4, -0.2) is 35.4 Å². The molecular formula is C22H24ClN3O2. The third-order valence-electron chi connectivity index (χ3n) is 4.82. The summed E-state index contributed by atoms with van der Waals surface area (Å²) in [6.07, 6.45) is 4.80. The maximum atomic E-state index is 6.45. The monoisotopic (exact) mass is 397 g/mol. The molecule has 4 rings (SSSR count). The third-order valence-corrected chi connectivity index (χ3v) is 5.11. The van der Waals surface area contributed by atoms with Gasteiger partial charge in [0.05, 0.1) is 17.7 Å². The molecule has 0 bridgehead atoms. The van der Waals surface area contributed by atoms with Crippen molar-refractivity contribution in [1.82, 2.24) is 14.9 Å². The second kappa shape index (κ2) is 9.24. The topological polar surface area (TPSA) is 48.3 Å². The van der Waals surface area contributed by atoms with Crippen molar-refractivity contribution in [2.75, 3.05) is 19.7 Å². The highest BCUT2D eigenvalue weighted by Crippen LogP contribution is 2.27. The Balaban J connectivity index is 1.37. The van der Waals surface area contributed by atoms with Crippen molar-refractivity contribution < 1.29 is 9.47 Å². The molecule has 2 aromatic carbocycles. The first-order valence-corrected chi connectivity index (χ1v) is 9.93. The van der Waals surface area contributed by atoms with Crippen molar-refractivity contribution in [2.24, 2.45) is 0 Å². The van der Waals surface area contributed by atoms with Gasteiger partial charge in [0.25, 0.3) is 0 Å². The van der Waals surface area contributed by atoms with Gasteiger partial charge in [-0.2, -0.15) is 0 Å². The fraction of sp³-hybridized carbons (Fsp3) is 0.318. The summed E-state index contributed by atoms with van der Waals surface area (Å²) in [6, 6.07) is 16.2.